The van der Waals surface area contributed by atoms with Gasteiger partial charge in [0, 0.05) is 12.6 Å². The van der Waals surface area contributed by atoms with Gasteiger partial charge in [-0.1, -0.05) is 50.3 Å². The van der Waals surface area contributed by atoms with Gasteiger partial charge in [-0.05, 0) is 19.3 Å². The zero-order valence-electron chi connectivity index (χ0n) is 12.6. The second-order valence-electron chi connectivity index (χ2n) is 5.04. The fourth-order valence-corrected chi connectivity index (χ4v) is 2.89. The van der Waals surface area contributed by atoms with Gasteiger partial charge in [-0.2, -0.15) is 0 Å². The van der Waals surface area contributed by atoms with E-state index < -0.39 is 0 Å². The molecule has 0 unspecified atom stereocenters. The Bertz CT molecular complexity index is 409. The van der Waals surface area contributed by atoms with Gasteiger partial charge in [-0.3, -0.25) is 4.79 Å². The van der Waals surface area contributed by atoms with Gasteiger partial charge in [-0.25, -0.2) is 0 Å². The topological polar surface area (TPSA) is 66.9 Å². The van der Waals surface area contributed by atoms with Gasteiger partial charge >= 0.3 is 0 Å². The standard InChI is InChI=1S/C13H24N4OS2/c1-5-6-7-14-12-16-17-13(20-12)19-8-11(18)15-10(4)9(2)3/h9-10H,5-8H2,1-4H3,(H,14,16)(H,15,18)/t10-/m1/s1. The summed E-state index contributed by atoms with van der Waals surface area (Å²) in [5.41, 5.74) is 0. The van der Waals surface area contributed by atoms with Crippen LogP contribution in [0.4, 0.5) is 5.13 Å². The molecule has 5 nitrogen and oxygen atoms in total. The molecule has 0 aliphatic rings. The van der Waals surface area contributed by atoms with Crippen LogP contribution in [0, 0.1) is 5.92 Å². The van der Waals surface area contributed by atoms with Crippen molar-refractivity contribution in [2.24, 2.45) is 5.92 Å². The van der Waals surface area contributed by atoms with Gasteiger partial charge in [0.1, 0.15) is 0 Å². The number of carbonyl (C=O) groups excluding carboxylic acids is 1. The number of nitrogens with zero attached hydrogens (tertiary/aromatic N) is 2. The lowest BCUT2D eigenvalue weighted by molar-refractivity contribution is -0.119. The summed E-state index contributed by atoms with van der Waals surface area (Å²) < 4.78 is 0.830. The number of carbonyl (C=O) groups is 1. The van der Waals surface area contributed by atoms with Crippen LogP contribution in [0.15, 0.2) is 4.34 Å². The smallest absolute Gasteiger partial charge is 0.230 e. The SMILES string of the molecule is CCCCNc1nnc(SCC(=O)N[C@H](C)C(C)C)s1. The number of rotatable bonds is 9. The lowest BCUT2D eigenvalue weighted by atomic mass is 10.1. The Morgan fingerprint density at radius 2 is 2.10 bits per heavy atom. The Morgan fingerprint density at radius 1 is 1.35 bits per heavy atom. The summed E-state index contributed by atoms with van der Waals surface area (Å²) in [6.45, 7) is 9.28. The highest BCUT2D eigenvalue weighted by atomic mass is 32.2. The van der Waals surface area contributed by atoms with Crippen LogP contribution >= 0.6 is 23.1 Å². The van der Waals surface area contributed by atoms with E-state index in [9.17, 15) is 4.79 Å². The molecule has 1 atom stereocenters. The van der Waals surface area contributed by atoms with Crippen LogP contribution in [0.3, 0.4) is 0 Å². The van der Waals surface area contributed by atoms with E-state index in [-0.39, 0.29) is 11.9 Å². The maximum Gasteiger partial charge on any atom is 0.230 e. The quantitative estimate of drug-likeness (QED) is 0.541. The van der Waals surface area contributed by atoms with Crippen molar-refractivity contribution in [1.82, 2.24) is 15.5 Å². The van der Waals surface area contributed by atoms with Crippen molar-refractivity contribution in [3.8, 4) is 0 Å². The molecule has 0 fully saturated rings. The third-order valence-corrected chi connectivity index (χ3v) is 4.94. The van der Waals surface area contributed by atoms with Crippen LogP contribution in [0.25, 0.3) is 0 Å². The van der Waals surface area contributed by atoms with Crippen molar-refractivity contribution in [2.45, 2.75) is 50.9 Å². The lowest BCUT2D eigenvalue weighted by Gasteiger charge is -2.16. The highest BCUT2D eigenvalue weighted by molar-refractivity contribution is 8.01. The van der Waals surface area contributed by atoms with Crippen molar-refractivity contribution in [3.05, 3.63) is 0 Å². The predicted octanol–water partition coefficient (Wildman–Crippen LogP) is 3.00. The second-order valence-corrected chi connectivity index (χ2v) is 7.24. The van der Waals surface area contributed by atoms with E-state index in [1.54, 1.807) is 0 Å². The van der Waals surface area contributed by atoms with Crippen molar-refractivity contribution in [1.29, 1.82) is 0 Å². The normalized spacial score (nSPS) is 12.4. The number of hydrogen-bond donors (Lipinski definition) is 2. The Morgan fingerprint density at radius 3 is 2.75 bits per heavy atom. The molecule has 1 heterocycles. The summed E-state index contributed by atoms with van der Waals surface area (Å²) in [5, 5.41) is 15.2. The maximum absolute atomic E-state index is 11.8. The van der Waals surface area contributed by atoms with Crippen molar-refractivity contribution < 1.29 is 4.79 Å². The molecule has 2 N–H and O–H groups in total. The van der Waals surface area contributed by atoms with Gasteiger partial charge in [0.25, 0.3) is 0 Å². The zero-order valence-corrected chi connectivity index (χ0v) is 14.2. The van der Waals surface area contributed by atoms with Crippen molar-refractivity contribution >= 4 is 34.1 Å². The minimum absolute atomic E-state index is 0.0480. The summed E-state index contributed by atoms with van der Waals surface area (Å²) in [6.07, 6.45) is 2.28. The molecule has 0 aliphatic carbocycles. The first kappa shape index (κ1) is 17.2. The average molecular weight is 316 g/mol. The highest BCUT2D eigenvalue weighted by Gasteiger charge is 2.12. The number of anilines is 1. The summed E-state index contributed by atoms with van der Waals surface area (Å²) >= 11 is 2.94. The largest absolute Gasteiger partial charge is 0.360 e. The first-order chi connectivity index (χ1) is 9.52. The van der Waals surface area contributed by atoms with E-state index in [1.165, 1.54) is 23.1 Å². The number of aromatic nitrogens is 2. The molecule has 1 rings (SSSR count). The number of amides is 1. The fraction of sp³-hybridized carbons (Fsp3) is 0.769. The highest BCUT2D eigenvalue weighted by Crippen LogP contribution is 2.25. The Labute approximate surface area is 129 Å². The predicted molar refractivity (Wildman–Crippen MR) is 86.5 cm³/mol. The van der Waals surface area contributed by atoms with Crippen LogP contribution in [-0.2, 0) is 4.79 Å². The summed E-state index contributed by atoms with van der Waals surface area (Å²) in [6, 6.07) is 0.198. The number of hydrogen-bond acceptors (Lipinski definition) is 6. The fourth-order valence-electron chi connectivity index (χ4n) is 1.30. The first-order valence-corrected chi connectivity index (χ1v) is 8.82. The number of unbranched alkanes of at least 4 members (excludes halogenated alkanes) is 1. The molecule has 1 aromatic rings. The zero-order chi connectivity index (χ0) is 15.0. The second kappa shape index (κ2) is 9.18. The van der Waals surface area contributed by atoms with Gasteiger partial charge in [0.15, 0.2) is 4.34 Å². The molecule has 0 aliphatic heterocycles. The van der Waals surface area contributed by atoms with Gasteiger partial charge in [0.2, 0.25) is 11.0 Å². The summed E-state index contributed by atoms with van der Waals surface area (Å²) in [5.74, 6) is 0.882. The van der Waals surface area contributed by atoms with Crippen LogP contribution in [0.2, 0.25) is 0 Å². The van der Waals surface area contributed by atoms with E-state index in [4.69, 9.17) is 0 Å². The van der Waals surface area contributed by atoms with Gasteiger partial charge < -0.3 is 10.6 Å². The average Bonchev–Trinajstić information content (AvgIpc) is 2.84. The van der Waals surface area contributed by atoms with Crippen LogP contribution < -0.4 is 10.6 Å². The third-order valence-electron chi connectivity index (χ3n) is 2.93. The van der Waals surface area contributed by atoms with Crippen LogP contribution in [0.5, 0.6) is 0 Å². The Balaban J connectivity index is 2.29. The maximum atomic E-state index is 11.8. The number of thioether (sulfide) groups is 1. The molecule has 7 heteroatoms. The molecule has 0 aromatic carbocycles. The molecular weight excluding hydrogens is 292 g/mol. The molecule has 0 bridgehead atoms. The molecule has 114 valence electrons. The molecule has 1 aromatic heterocycles. The van der Waals surface area contributed by atoms with E-state index in [1.807, 2.05) is 6.92 Å². The van der Waals surface area contributed by atoms with Crippen molar-refractivity contribution in [3.63, 3.8) is 0 Å². The van der Waals surface area contributed by atoms with Gasteiger partial charge in [-0.15, -0.1) is 10.2 Å². The molecule has 1 amide bonds. The molecule has 0 spiro atoms. The van der Waals surface area contributed by atoms with E-state index in [0.29, 0.717) is 11.7 Å². The summed E-state index contributed by atoms with van der Waals surface area (Å²) in [4.78, 5) is 11.8. The first-order valence-electron chi connectivity index (χ1n) is 7.02. The van der Waals surface area contributed by atoms with Crippen LogP contribution in [0.1, 0.15) is 40.5 Å². The molecule has 0 saturated carbocycles. The molecule has 20 heavy (non-hydrogen) atoms. The van der Waals surface area contributed by atoms with E-state index in [2.05, 4.69) is 41.6 Å². The lowest BCUT2D eigenvalue weighted by Crippen LogP contribution is -2.37. The Kier molecular flexibility index (Phi) is 7.91. The minimum atomic E-state index is 0.0480. The van der Waals surface area contributed by atoms with E-state index in [0.717, 1.165) is 28.9 Å². The van der Waals surface area contributed by atoms with Crippen molar-refractivity contribution in [2.75, 3.05) is 17.6 Å². The monoisotopic (exact) mass is 316 g/mol. The molecule has 0 saturated heterocycles. The minimum Gasteiger partial charge on any atom is -0.360 e. The van der Waals surface area contributed by atoms with E-state index >= 15 is 0 Å². The third kappa shape index (κ3) is 6.56. The molecule has 0 radical (unpaired) electrons. The van der Waals surface area contributed by atoms with Crippen LogP contribution in [-0.4, -0.2) is 34.4 Å². The number of nitrogens with one attached hydrogen (secondary N) is 2. The van der Waals surface area contributed by atoms with Gasteiger partial charge in [0.05, 0.1) is 5.75 Å². The summed E-state index contributed by atoms with van der Waals surface area (Å²) in [7, 11) is 0. The molecular formula is C13H24N4OS2. The Hall–Kier alpha value is -0.820.